The fourth-order valence-electron chi connectivity index (χ4n) is 1.47. The normalized spacial score (nSPS) is 10.8. The maximum Gasteiger partial charge on any atom is 0.114 e. The van der Waals surface area contributed by atoms with Crippen molar-refractivity contribution in [3.63, 3.8) is 0 Å². The molecule has 0 aliphatic carbocycles. The van der Waals surface area contributed by atoms with E-state index in [1.165, 1.54) is 5.56 Å². The van der Waals surface area contributed by atoms with Gasteiger partial charge in [0.15, 0.2) is 0 Å². The van der Waals surface area contributed by atoms with Crippen molar-refractivity contribution < 1.29 is 0 Å². The van der Waals surface area contributed by atoms with E-state index in [0.29, 0.717) is 0 Å². The zero-order valence-corrected chi connectivity index (χ0v) is 9.71. The van der Waals surface area contributed by atoms with Gasteiger partial charge < -0.3 is 5.32 Å². The standard InChI is InChI=1S/C10H14N4S/c1-8-9(5-11-2)6-14(13-8)7-10-12-3-4-15-10/h3-4,6,11H,5,7H2,1-2H3. The summed E-state index contributed by atoms with van der Waals surface area (Å²) in [5.41, 5.74) is 2.33. The Morgan fingerprint density at radius 3 is 3.07 bits per heavy atom. The maximum absolute atomic E-state index is 4.45. The minimum Gasteiger partial charge on any atom is -0.316 e. The molecule has 80 valence electrons. The first-order chi connectivity index (χ1) is 7.29. The second-order valence-corrected chi connectivity index (χ2v) is 4.37. The molecule has 0 fully saturated rings. The van der Waals surface area contributed by atoms with Gasteiger partial charge in [-0.25, -0.2) is 4.98 Å². The molecule has 0 bridgehead atoms. The first-order valence-corrected chi connectivity index (χ1v) is 5.73. The summed E-state index contributed by atoms with van der Waals surface area (Å²) in [5.74, 6) is 0. The van der Waals surface area contributed by atoms with Crippen LogP contribution < -0.4 is 5.32 Å². The third-order valence-electron chi connectivity index (χ3n) is 2.20. The van der Waals surface area contributed by atoms with E-state index in [1.54, 1.807) is 11.3 Å². The number of hydrogen-bond acceptors (Lipinski definition) is 4. The Morgan fingerprint density at radius 1 is 1.53 bits per heavy atom. The molecule has 2 aromatic heterocycles. The van der Waals surface area contributed by atoms with Crippen LogP contribution in [0.3, 0.4) is 0 Å². The van der Waals surface area contributed by atoms with Gasteiger partial charge in [-0.1, -0.05) is 0 Å². The highest BCUT2D eigenvalue weighted by molar-refractivity contribution is 7.09. The summed E-state index contributed by atoms with van der Waals surface area (Å²) in [4.78, 5) is 4.24. The van der Waals surface area contributed by atoms with Gasteiger partial charge in [-0.05, 0) is 14.0 Å². The average molecular weight is 222 g/mol. The van der Waals surface area contributed by atoms with Gasteiger partial charge in [0.2, 0.25) is 0 Å². The number of aromatic nitrogens is 3. The minimum atomic E-state index is 0.766. The van der Waals surface area contributed by atoms with Crippen LogP contribution in [0.1, 0.15) is 16.3 Å². The highest BCUT2D eigenvalue weighted by Gasteiger charge is 2.05. The summed E-state index contributed by atoms with van der Waals surface area (Å²) in [5, 5.41) is 10.7. The second kappa shape index (κ2) is 4.55. The van der Waals surface area contributed by atoms with Crippen LogP contribution in [0.4, 0.5) is 0 Å². The molecule has 4 nitrogen and oxygen atoms in total. The molecule has 2 heterocycles. The Labute approximate surface area is 93.0 Å². The molecular weight excluding hydrogens is 208 g/mol. The van der Waals surface area contributed by atoms with Crippen LogP contribution >= 0.6 is 11.3 Å². The largest absolute Gasteiger partial charge is 0.316 e. The number of thiazole rings is 1. The van der Waals surface area contributed by atoms with Gasteiger partial charge in [0.25, 0.3) is 0 Å². The molecule has 0 aliphatic heterocycles. The Kier molecular flexibility index (Phi) is 3.13. The van der Waals surface area contributed by atoms with E-state index >= 15 is 0 Å². The Balaban J connectivity index is 2.12. The Hall–Kier alpha value is -1.20. The minimum absolute atomic E-state index is 0.766. The van der Waals surface area contributed by atoms with E-state index in [4.69, 9.17) is 0 Å². The molecule has 1 N–H and O–H groups in total. The predicted octanol–water partition coefficient (Wildman–Crippen LogP) is 1.42. The zero-order chi connectivity index (χ0) is 10.7. The molecule has 2 aromatic rings. The lowest BCUT2D eigenvalue weighted by Gasteiger charge is -1.96. The third kappa shape index (κ3) is 2.43. The molecule has 15 heavy (non-hydrogen) atoms. The van der Waals surface area contributed by atoms with Gasteiger partial charge in [0.1, 0.15) is 5.01 Å². The van der Waals surface area contributed by atoms with Crippen molar-refractivity contribution in [3.8, 4) is 0 Å². The highest BCUT2D eigenvalue weighted by atomic mass is 32.1. The monoisotopic (exact) mass is 222 g/mol. The second-order valence-electron chi connectivity index (χ2n) is 3.39. The van der Waals surface area contributed by atoms with Crippen molar-refractivity contribution >= 4 is 11.3 Å². The lowest BCUT2D eigenvalue weighted by atomic mass is 10.3. The summed E-state index contributed by atoms with van der Waals surface area (Å²) in [6, 6.07) is 0. The number of aryl methyl sites for hydroxylation is 1. The van der Waals surface area contributed by atoms with Gasteiger partial charge in [0, 0.05) is 29.9 Å². The van der Waals surface area contributed by atoms with Gasteiger partial charge >= 0.3 is 0 Å². The fourth-order valence-corrected chi connectivity index (χ4v) is 2.08. The molecule has 2 rings (SSSR count). The SMILES string of the molecule is CNCc1cn(Cc2nccs2)nc1C. The molecule has 0 unspecified atom stereocenters. The fraction of sp³-hybridized carbons (Fsp3) is 0.400. The summed E-state index contributed by atoms with van der Waals surface area (Å²) in [7, 11) is 1.94. The van der Waals surface area contributed by atoms with E-state index in [-0.39, 0.29) is 0 Å². The van der Waals surface area contributed by atoms with Crippen LogP contribution in [-0.4, -0.2) is 21.8 Å². The number of nitrogens with zero attached hydrogens (tertiary/aromatic N) is 3. The summed E-state index contributed by atoms with van der Waals surface area (Å²) < 4.78 is 1.95. The van der Waals surface area contributed by atoms with Crippen LogP contribution in [-0.2, 0) is 13.1 Å². The van der Waals surface area contributed by atoms with Crippen molar-refractivity contribution in [1.82, 2.24) is 20.1 Å². The topological polar surface area (TPSA) is 42.7 Å². The van der Waals surface area contributed by atoms with Gasteiger partial charge in [-0.2, -0.15) is 5.10 Å². The van der Waals surface area contributed by atoms with E-state index in [0.717, 1.165) is 23.8 Å². The molecule has 0 spiro atoms. The lowest BCUT2D eigenvalue weighted by Crippen LogP contribution is -2.05. The van der Waals surface area contributed by atoms with Crippen molar-refractivity contribution in [2.75, 3.05) is 7.05 Å². The highest BCUT2D eigenvalue weighted by Crippen LogP contribution is 2.09. The van der Waals surface area contributed by atoms with E-state index in [9.17, 15) is 0 Å². The molecule has 5 heteroatoms. The smallest absolute Gasteiger partial charge is 0.114 e. The van der Waals surface area contributed by atoms with Gasteiger partial charge in [-0.15, -0.1) is 11.3 Å². The van der Waals surface area contributed by atoms with Crippen molar-refractivity contribution in [1.29, 1.82) is 0 Å². The molecule has 0 amide bonds. The summed E-state index contributed by atoms with van der Waals surface area (Å²) >= 11 is 1.66. The Bertz CT molecular complexity index is 419. The lowest BCUT2D eigenvalue weighted by molar-refractivity contribution is 0.675. The van der Waals surface area contributed by atoms with E-state index in [2.05, 4.69) is 21.6 Å². The zero-order valence-electron chi connectivity index (χ0n) is 8.90. The first kappa shape index (κ1) is 10.3. The molecule has 0 saturated carbocycles. The van der Waals surface area contributed by atoms with Crippen LogP contribution in [0.25, 0.3) is 0 Å². The van der Waals surface area contributed by atoms with Crippen LogP contribution in [0, 0.1) is 6.92 Å². The van der Waals surface area contributed by atoms with E-state index in [1.807, 2.05) is 30.2 Å². The van der Waals surface area contributed by atoms with Gasteiger partial charge in [-0.3, -0.25) is 4.68 Å². The average Bonchev–Trinajstić information content (AvgIpc) is 2.79. The molecular formula is C10H14N4S. The van der Waals surface area contributed by atoms with Crippen LogP contribution in [0.2, 0.25) is 0 Å². The van der Waals surface area contributed by atoms with Crippen molar-refractivity contribution in [2.45, 2.75) is 20.0 Å². The first-order valence-electron chi connectivity index (χ1n) is 4.85. The summed E-state index contributed by atoms with van der Waals surface area (Å²) in [6.07, 6.45) is 3.90. The third-order valence-corrected chi connectivity index (χ3v) is 2.96. The van der Waals surface area contributed by atoms with Crippen LogP contribution in [0.5, 0.6) is 0 Å². The van der Waals surface area contributed by atoms with Crippen molar-refractivity contribution in [2.24, 2.45) is 0 Å². The molecule has 0 aliphatic rings. The number of rotatable bonds is 4. The molecule has 0 atom stereocenters. The predicted molar refractivity (Wildman–Crippen MR) is 60.9 cm³/mol. The maximum atomic E-state index is 4.45. The molecule has 0 saturated heterocycles. The quantitative estimate of drug-likeness (QED) is 0.850. The molecule has 0 radical (unpaired) electrons. The summed E-state index contributed by atoms with van der Waals surface area (Å²) in [6.45, 7) is 3.66. The van der Waals surface area contributed by atoms with Crippen molar-refractivity contribution in [3.05, 3.63) is 34.0 Å². The number of hydrogen-bond donors (Lipinski definition) is 1. The van der Waals surface area contributed by atoms with Gasteiger partial charge in [0.05, 0.1) is 12.2 Å². The molecule has 0 aromatic carbocycles. The van der Waals surface area contributed by atoms with E-state index < -0.39 is 0 Å². The van der Waals surface area contributed by atoms with Crippen LogP contribution in [0.15, 0.2) is 17.8 Å². The number of nitrogens with one attached hydrogen (secondary N) is 1. The Morgan fingerprint density at radius 2 is 2.40 bits per heavy atom.